The van der Waals surface area contributed by atoms with Gasteiger partial charge < -0.3 is 19.3 Å². The Morgan fingerprint density at radius 2 is 1.41 bits per heavy atom. The predicted octanol–water partition coefficient (Wildman–Crippen LogP) is 3.50. The highest BCUT2D eigenvalue weighted by atomic mass is 16.2. The number of aromatic nitrogens is 1. The van der Waals surface area contributed by atoms with Crippen LogP contribution in [-0.2, 0) is 4.79 Å². The van der Waals surface area contributed by atoms with Gasteiger partial charge in [-0.25, -0.2) is 0 Å². The van der Waals surface area contributed by atoms with E-state index in [1.165, 1.54) is 11.4 Å². The molecule has 4 rings (SSSR count). The Kier molecular flexibility index (Phi) is 6.99. The lowest BCUT2D eigenvalue weighted by molar-refractivity contribution is -0.134. The Balaban J connectivity index is 1.28. The number of piperidine rings is 1. The van der Waals surface area contributed by atoms with Gasteiger partial charge in [0.15, 0.2) is 0 Å². The van der Waals surface area contributed by atoms with Crippen LogP contribution in [0.25, 0.3) is 5.69 Å². The number of nitrogens with zero attached hydrogens (tertiary/aromatic N) is 4. The molecule has 0 spiro atoms. The molecular weight excluding hydrogens is 400 g/mol. The molecule has 0 unspecified atom stereocenters. The van der Waals surface area contributed by atoms with Gasteiger partial charge in [-0.3, -0.25) is 9.59 Å². The highest BCUT2D eigenvalue weighted by Gasteiger charge is 2.27. The zero-order valence-corrected chi connectivity index (χ0v) is 19.7. The van der Waals surface area contributed by atoms with E-state index in [-0.39, 0.29) is 11.8 Å². The molecule has 2 aromatic rings. The quantitative estimate of drug-likeness (QED) is 0.721. The molecule has 0 radical (unpaired) electrons. The summed E-state index contributed by atoms with van der Waals surface area (Å²) in [6.45, 7) is 12.5. The first-order valence-electron chi connectivity index (χ1n) is 12.0. The number of benzene rings is 1. The van der Waals surface area contributed by atoms with Gasteiger partial charge in [-0.05, 0) is 75.5 Å². The fourth-order valence-electron chi connectivity index (χ4n) is 5.04. The van der Waals surface area contributed by atoms with Gasteiger partial charge in [0.2, 0.25) is 5.91 Å². The van der Waals surface area contributed by atoms with E-state index in [0.717, 1.165) is 69.9 Å². The zero-order valence-electron chi connectivity index (χ0n) is 19.7. The molecule has 2 fully saturated rings. The normalized spacial score (nSPS) is 18.2. The topological polar surface area (TPSA) is 48.8 Å². The smallest absolute Gasteiger partial charge is 0.253 e. The summed E-state index contributed by atoms with van der Waals surface area (Å²) >= 11 is 0. The maximum atomic E-state index is 13.0. The van der Waals surface area contributed by atoms with Gasteiger partial charge in [0.1, 0.15) is 0 Å². The lowest BCUT2D eigenvalue weighted by Crippen LogP contribution is -2.49. The molecule has 0 saturated carbocycles. The van der Waals surface area contributed by atoms with Gasteiger partial charge in [0.05, 0.1) is 0 Å². The van der Waals surface area contributed by atoms with Crippen LogP contribution in [-0.4, -0.2) is 76.9 Å². The number of likely N-dealkylation sites (N-methyl/N-ethyl adjacent to an activating group) is 1. The molecule has 3 heterocycles. The first kappa shape index (κ1) is 22.6. The first-order valence-corrected chi connectivity index (χ1v) is 12.0. The number of likely N-dealkylation sites (tertiary alicyclic amines) is 1. The summed E-state index contributed by atoms with van der Waals surface area (Å²) in [5, 5.41) is 0. The lowest BCUT2D eigenvalue weighted by Gasteiger charge is -2.36. The van der Waals surface area contributed by atoms with Crippen LogP contribution in [0.2, 0.25) is 0 Å². The van der Waals surface area contributed by atoms with Gasteiger partial charge in [0, 0.05) is 68.3 Å². The van der Waals surface area contributed by atoms with Crippen molar-refractivity contribution >= 4 is 11.8 Å². The highest BCUT2D eigenvalue weighted by molar-refractivity contribution is 5.94. The standard InChI is InChI=1S/C26H36N4O2/c1-4-27-15-17-28(18-16-27)25(31)19-22-11-13-29(14-12-22)26(32)23-7-9-24(10-8-23)30-20(2)5-6-21(30)3/h5-10,22H,4,11-19H2,1-3H3. The van der Waals surface area contributed by atoms with Crippen molar-refractivity contribution in [3.8, 4) is 5.69 Å². The maximum Gasteiger partial charge on any atom is 0.253 e. The van der Waals surface area contributed by atoms with E-state index < -0.39 is 0 Å². The molecule has 2 amide bonds. The van der Waals surface area contributed by atoms with Crippen LogP contribution < -0.4 is 0 Å². The third-order valence-electron chi connectivity index (χ3n) is 7.18. The summed E-state index contributed by atoms with van der Waals surface area (Å²) in [5.41, 5.74) is 4.19. The Hall–Kier alpha value is -2.60. The largest absolute Gasteiger partial charge is 0.340 e. The van der Waals surface area contributed by atoms with Crippen LogP contribution >= 0.6 is 0 Å². The number of piperazine rings is 1. The van der Waals surface area contributed by atoms with Crippen molar-refractivity contribution in [2.75, 3.05) is 45.8 Å². The van der Waals surface area contributed by atoms with E-state index in [1.54, 1.807) is 0 Å². The van der Waals surface area contributed by atoms with Gasteiger partial charge in [-0.15, -0.1) is 0 Å². The second-order valence-electron chi connectivity index (χ2n) is 9.25. The SMILES string of the molecule is CCN1CCN(C(=O)CC2CCN(C(=O)c3ccc(-n4c(C)ccc4C)cc3)CC2)CC1. The van der Waals surface area contributed by atoms with E-state index in [1.807, 2.05) is 34.1 Å². The summed E-state index contributed by atoms with van der Waals surface area (Å²) in [7, 11) is 0. The molecule has 0 aliphatic carbocycles. The lowest BCUT2D eigenvalue weighted by atomic mass is 9.92. The molecule has 1 aromatic carbocycles. The Morgan fingerprint density at radius 3 is 1.97 bits per heavy atom. The van der Waals surface area contributed by atoms with E-state index in [9.17, 15) is 9.59 Å². The Morgan fingerprint density at radius 1 is 0.812 bits per heavy atom. The molecule has 6 heteroatoms. The van der Waals surface area contributed by atoms with Crippen molar-refractivity contribution in [2.24, 2.45) is 5.92 Å². The summed E-state index contributed by atoms with van der Waals surface area (Å²) in [6, 6.07) is 12.1. The molecule has 0 bridgehead atoms. The summed E-state index contributed by atoms with van der Waals surface area (Å²) in [4.78, 5) is 32.1. The molecule has 2 saturated heterocycles. The number of rotatable bonds is 5. The molecule has 172 valence electrons. The van der Waals surface area contributed by atoms with E-state index >= 15 is 0 Å². The Bertz CT molecular complexity index is 914. The van der Waals surface area contributed by atoms with E-state index in [2.05, 4.69) is 42.4 Å². The van der Waals surface area contributed by atoms with Gasteiger partial charge >= 0.3 is 0 Å². The van der Waals surface area contributed by atoms with E-state index in [0.29, 0.717) is 12.3 Å². The minimum absolute atomic E-state index is 0.0953. The second-order valence-corrected chi connectivity index (χ2v) is 9.25. The van der Waals surface area contributed by atoms with Crippen molar-refractivity contribution in [3.63, 3.8) is 0 Å². The van der Waals surface area contributed by atoms with Gasteiger partial charge in [-0.2, -0.15) is 0 Å². The van der Waals surface area contributed by atoms with Crippen molar-refractivity contribution in [1.82, 2.24) is 19.3 Å². The van der Waals surface area contributed by atoms with Gasteiger partial charge in [-0.1, -0.05) is 6.92 Å². The summed E-state index contributed by atoms with van der Waals surface area (Å²) in [6.07, 6.45) is 2.44. The summed E-state index contributed by atoms with van der Waals surface area (Å²) in [5.74, 6) is 0.771. The van der Waals surface area contributed by atoms with Crippen LogP contribution in [0, 0.1) is 19.8 Å². The minimum atomic E-state index is 0.0953. The number of amides is 2. The molecule has 32 heavy (non-hydrogen) atoms. The average molecular weight is 437 g/mol. The average Bonchev–Trinajstić information content (AvgIpc) is 3.17. The van der Waals surface area contributed by atoms with Crippen LogP contribution in [0.4, 0.5) is 0 Å². The van der Waals surface area contributed by atoms with Gasteiger partial charge in [0.25, 0.3) is 5.91 Å². The molecule has 2 aliphatic heterocycles. The molecule has 0 atom stereocenters. The van der Waals surface area contributed by atoms with Crippen molar-refractivity contribution in [2.45, 2.75) is 40.0 Å². The number of hydrogen-bond donors (Lipinski definition) is 0. The van der Waals surface area contributed by atoms with Crippen LogP contribution in [0.5, 0.6) is 0 Å². The van der Waals surface area contributed by atoms with Crippen molar-refractivity contribution in [3.05, 3.63) is 53.3 Å². The molecule has 0 N–H and O–H groups in total. The minimum Gasteiger partial charge on any atom is -0.340 e. The maximum absolute atomic E-state index is 13.0. The summed E-state index contributed by atoms with van der Waals surface area (Å²) < 4.78 is 2.19. The van der Waals surface area contributed by atoms with Crippen molar-refractivity contribution in [1.29, 1.82) is 0 Å². The van der Waals surface area contributed by atoms with Crippen molar-refractivity contribution < 1.29 is 9.59 Å². The predicted molar refractivity (Wildman–Crippen MR) is 127 cm³/mol. The number of aryl methyl sites for hydroxylation is 2. The Labute approximate surface area is 191 Å². The third-order valence-corrected chi connectivity index (χ3v) is 7.18. The van der Waals surface area contributed by atoms with Crippen LogP contribution in [0.15, 0.2) is 36.4 Å². The molecule has 1 aromatic heterocycles. The second kappa shape index (κ2) is 9.90. The molecular formula is C26H36N4O2. The van der Waals surface area contributed by atoms with Crippen LogP contribution in [0.3, 0.4) is 0 Å². The zero-order chi connectivity index (χ0) is 22.7. The number of carbonyl (C=O) groups excluding carboxylic acids is 2. The third kappa shape index (κ3) is 4.90. The fourth-order valence-corrected chi connectivity index (χ4v) is 5.04. The van der Waals surface area contributed by atoms with Crippen LogP contribution in [0.1, 0.15) is 47.9 Å². The molecule has 6 nitrogen and oxygen atoms in total. The first-order chi connectivity index (χ1) is 15.5. The molecule has 2 aliphatic rings. The number of carbonyl (C=O) groups is 2. The fraction of sp³-hybridized carbons (Fsp3) is 0.538. The van der Waals surface area contributed by atoms with E-state index in [4.69, 9.17) is 0 Å². The highest BCUT2D eigenvalue weighted by Crippen LogP contribution is 2.24. The number of hydrogen-bond acceptors (Lipinski definition) is 3. The monoisotopic (exact) mass is 436 g/mol.